The number of ether oxygens (including phenoxy) is 1. The number of rotatable bonds is 5. The molecule has 1 amide bonds. The van der Waals surface area contributed by atoms with Gasteiger partial charge in [0.2, 0.25) is 0 Å². The zero-order chi connectivity index (χ0) is 18.9. The zero-order valence-electron chi connectivity index (χ0n) is 13.8. The Morgan fingerprint density at radius 1 is 0.962 bits per heavy atom. The Labute approximate surface area is 150 Å². The maximum Gasteiger partial charge on any atom is 0.255 e. The number of amides is 1. The van der Waals surface area contributed by atoms with Gasteiger partial charge in [0.15, 0.2) is 5.57 Å². The third kappa shape index (κ3) is 4.17. The predicted octanol–water partition coefficient (Wildman–Crippen LogP) is 3.18. The van der Waals surface area contributed by atoms with Crippen LogP contribution in [-0.4, -0.2) is 13.0 Å². The maximum atomic E-state index is 12.4. The third-order valence-electron chi connectivity index (χ3n) is 3.34. The molecule has 0 heterocycles. The first-order valence-corrected chi connectivity index (χ1v) is 7.39. The number of benzene rings is 2. The number of methoxy groups -OCH3 is 1. The second-order valence-electron chi connectivity index (χ2n) is 4.95. The molecule has 0 saturated heterocycles. The van der Waals surface area contributed by atoms with Crippen LogP contribution >= 0.6 is 0 Å². The van der Waals surface area contributed by atoms with Gasteiger partial charge in [-0.15, -0.1) is 0 Å². The molecule has 0 saturated carbocycles. The molecule has 0 aliphatic rings. The lowest BCUT2D eigenvalue weighted by Crippen LogP contribution is -2.12. The SMILES string of the molecule is COc1ccc(C(=O)Nc2ccccc2)cc1NC(C#N)=C(C#N)C#N. The summed E-state index contributed by atoms with van der Waals surface area (Å²) < 4.78 is 5.20. The average Bonchev–Trinajstić information content (AvgIpc) is 2.68. The minimum Gasteiger partial charge on any atom is -0.495 e. The Balaban J connectivity index is 2.36. The van der Waals surface area contributed by atoms with Gasteiger partial charge in [0.1, 0.15) is 29.7 Å². The highest BCUT2D eigenvalue weighted by Crippen LogP contribution is 2.27. The van der Waals surface area contributed by atoms with Gasteiger partial charge in [-0.1, -0.05) is 18.2 Å². The molecule has 2 N–H and O–H groups in total. The molecule has 0 aliphatic carbocycles. The summed E-state index contributed by atoms with van der Waals surface area (Å²) in [6.07, 6.45) is 0. The van der Waals surface area contributed by atoms with Crippen LogP contribution in [0.5, 0.6) is 5.75 Å². The monoisotopic (exact) mass is 343 g/mol. The van der Waals surface area contributed by atoms with Gasteiger partial charge >= 0.3 is 0 Å². The fourth-order valence-electron chi connectivity index (χ4n) is 2.09. The lowest BCUT2D eigenvalue weighted by molar-refractivity contribution is 0.102. The molecule has 0 radical (unpaired) electrons. The summed E-state index contributed by atoms with van der Waals surface area (Å²) >= 11 is 0. The number of nitriles is 3. The van der Waals surface area contributed by atoms with Gasteiger partial charge in [0, 0.05) is 11.3 Å². The molecule has 0 aliphatic heterocycles. The van der Waals surface area contributed by atoms with Crippen LogP contribution in [0, 0.1) is 34.0 Å². The number of nitrogens with one attached hydrogen (secondary N) is 2. The summed E-state index contributed by atoms with van der Waals surface area (Å²) in [4.78, 5) is 12.4. The fraction of sp³-hybridized carbons (Fsp3) is 0.0526. The van der Waals surface area contributed by atoms with Crippen molar-refractivity contribution in [3.8, 4) is 24.0 Å². The van der Waals surface area contributed by atoms with E-state index in [1.807, 2.05) is 6.07 Å². The number of nitrogens with zero attached hydrogens (tertiary/aromatic N) is 3. The van der Waals surface area contributed by atoms with Crippen LogP contribution in [-0.2, 0) is 0 Å². The Bertz CT molecular complexity index is 960. The molecular weight excluding hydrogens is 330 g/mol. The molecule has 2 aromatic rings. The van der Waals surface area contributed by atoms with E-state index < -0.39 is 0 Å². The number of hydrogen-bond acceptors (Lipinski definition) is 6. The van der Waals surface area contributed by atoms with Crippen molar-refractivity contribution in [2.75, 3.05) is 17.7 Å². The van der Waals surface area contributed by atoms with Gasteiger partial charge in [-0.05, 0) is 30.3 Å². The third-order valence-corrected chi connectivity index (χ3v) is 3.34. The summed E-state index contributed by atoms with van der Waals surface area (Å²) in [5.41, 5.74) is 0.636. The molecule has 0 fully saturated rings. The number of hydrogen-bond donors (Lipinski definition) is 2. The summed E-state index contributed by atoms with van der Waals surface area (Å²) in [6, 6.07) is 18.6. The van der Waals surface area contributed by atoms with Crippen LogP contribution in [0.2, 0.25) is 0 Å². The molecule has 2 rings (SSSR count). The number of anilines is 2. The van der Waals surface area contributed by atoms with E-state index in [-0.39, 0.29) is 22.9 Å². The highest BCUT2D eigenvalue weighted by molar-refractivity contribution is 6.05. The van der Waals surface area contributed by atoms with E-state index in [4.69, 9.17) is 20.5 Å². The lowest BCUT2D eigenvalue weighted by Gasteiger charge is -2.12. The van der Waals surface area contributed by atoms with Crippen molar-refractivity contribution in [2.24, 2.45) is 0 Å². The van der Waals surface area contributed by atoms with Crippen LogP contribution in [0.15, 0.2) is 59.8 Å². The van der Waals surface area contributed by atoms with Gasteiger partial charge < -0.3 is 15.4 Å². The van der Waals surface area contributed by atoms with E-state index >= 15 is 0 Å². The Morgan fingerprint density at radius 2 is 1.65 bits per heavy atom. The smallest absolute Gasteiger partial charge is 0.255 e. The van der Waals surface area contributed by atoms with Crippen molar-refractivity contribution in [3.63, 3.8) is 0 Å². The zero-order valence-corrected chi connectivity index (χ0v) is 13.8. The topological polar surface area (TPSA) is 122 Å². The minimum absolute atomic E-state index is 0.228. The molecule has 7 heteroatoms. The second kappa shape index (κ2) is 8.54. The Morgan fingerprint density at radius 3 is 2.23 bits per heavy atom. The molecule has 0 atom stereocenters. The van der Waals surface area contributed by atoms with Crippen LogP contribution in [0.3, 0.4) is 0 Å². The number of para-hydroxylation sites is 1. The number of carbonyl (C=O) groups excluding carboxylic acids is 1. The molecule has 126 valence electrons. The molecule has 0 bridgehead atoms. The largest absolute Gasteiger partial charge is 0.495 e. The van der Waals surface area contributed by atoms with Crippen LogP contribution in [0.4, 0.5) is 11.4 Å². The van der Waals surface area contributed by atoms with E-state index in [1.54, 1.807) is 54.6 Å². The molecule has 0 spiro atoms. The number of allylic oxidation sites excluding steroid dienone is 2. The summed E-state index contributed by atoms with van der Waals surface area (Å²) in [6.45, 7) is 0. The minimum atomic E-state index is -0.367. The van der Waals surface area contributed by atoms with Gasteiger partial charge in [0.05, 0.1) is 12.8 Å². The van der Waals surface area contributed by atoms with Gasteiger partial charge in [-0.2, -0.15) is 15.8 Å². The molecule has 26 heavy (non-hydrogen) atoms. The van der Waals surface area contributed by atoms with Crippen molar-refractivity contribution >= 4 is 17.3 Å². The Kier molecular flexibility index (Phi) is 5.93. The van der Waals surface area contributed by atoms with Crippen molar-refractivity contribution < 1.29 is 9.53 Å². The van der Waals surface area contributed by atoms with E-state index in [1.165, 1.54) is 13.2 Å². The van der Waals surface area contributed by atoms with Crippen molar-refractivity contribution in [3.05, 3.63) is 65.4 Å². The van der Waals surface area contributed by atoms with E-state index in [0.717, 1.165) is 0 Å². The van der Waals surface area contributed by atoms with Crippen LogP contribution in [0.1, 0.15) is 10.4 Å². The predicted molar refractivity (Wildman–Crippen MR) is 94.9 cm³/mol. The van der Waals surface area contributed by atoms with Crippen molar-refractivity contribution in [2.45, 2.75) is 0 Å². The fourth-order valence-corrected chi connectivity index (χ4v) is 2.09. The maximum absolute atomic E-state index is 12.4. The first-order chi connectivity index (χ1) is 12.6. The van der Waals surface area contributed by atoms with Crippen molar-refractivity contribution in [1.82, 2.24) is 0 Å². The molecular formula is C19H13N5O2. The summed E-state index contributed by atoms with van der Waals surface area (Å²) in [5.74, 6) is -0.00517. The Hall–Kier alpha value is -4.28. The average molecular weight is 343 g/mol. The first kappa shape index (κ1) is 18.1. The van der Waals surface area contributed by atoms with E-state index in [0.29, 0.717) is 17.0 Å². The summed E-state index contributed by atoms with van der Waals surface area (Å²) in [7, 11) is 1.43. The van der Waals surface area contributed by atoms with Crippen LogP contribution in [0.25, 0.3) is 0 Å². The highest BCUT2D eigenvalue weighted by Gasteiger charge is 2.13. The summed E-state index contributed by atoms with van der Waals surface area (Å²) in [5, 5.41) is 32.4. The highest BCUT2D eigenvalue weighted by atomic mass is 16.5. The van der Waals surface area contributed by atoms with E-state index in [2.05, 4.69) is 10.6 Å². The van der Waals surface area contributed by atoms with Gasteiger partial charge in [0.25, 0.3) is 5.91 Å². The van der Waals surface area contributed by atoms with Crippen LogP contribution < -0.4 is 15.4 Å². The van der Waals surface area contributed by atoms with E-state index in [9.17, 15) is 4.79 Å². The van der Waals surface area contributed by atoms with Gasteiger partial charge in [-0.25, -0.2) is 0 Å². The quantitative estimate of drug-likeness (QED) is 0.804. The number of carbonyl (C=O) groups is 1. The normalized spacial score (nSPS) is 9.00. The standard InChI is InChI=1S/C19H13N5O2/c1-26-18-8-7-13(19(25)23-15-5-3-2-4-6-15)9-16(18)24-17(12-22)14(10-20)11-21/h2-9,24H,1H3,(H,23,25). The first-order valence-electron chi connectivity index (χ1n) is 7.39. The molecule has 7 nitrogen and oxygen atoms in total. The molecule has 0 aromatic heterocycles. The van der Waals surface area contributed by atoms with Gasteiger partial charge in [-0.3, -0.25) is 4.79 Å². The molecule has 0 unspecified atom stereocenters. The second-order valence-corrected chi connectivity index (χ2v) is 4.95. The lowest BCUT2D eigenvalue weighted by atomic mass is 10.1. The van der Waals surface area contributed by atoms with Crippen molar-refractivity contribution in [1.29, 1.82) is 15.8 Å². The molecule has 2 aromatic carbocycles.